The number of benzene rings is 2. The van der Waals surface area contributed by atoms with Gasteiger partial charge in [-0.05, 0) is 100 Å². The summed E-state index contributed by atoms with van der Waals surface area (Å²) in [5.74, 6) is -0.459. The highest BCUT2D eigenvalue weighted by molar-refractivity contribution is 6.31. The van der Waals surface area contributed by atoms with E-state index in [9.17, 15) is 4.79 Å². The zero-order valence-corrected chi connectivity index (χ0v) is 25.4. The summed E-state index contributed by atoms with van der Waals surface area (Å²) in [5.41, 5.74) is 26.0. The summed E-state index contributed by atoms with van der Waals surface area (Å²) >= 11 is 6.24. The molecule has 3 atom stereocenters. The second-order valence-electron chi connectivity index (χ2n) is 11.0. The van der Waals surface area contributed by atoms with Gasteiger partial charge in [-0.15, -0.1) is 0 Å². The second kappa shape index (κ2) is 14.6. The average Bonchev–Trinajstić information content (AvgIpc) is 3.36. The molecule has 10 nitrogen and oxygen atoms in total. The first-order valence-corrected chi connectivity index (χ1v) is 14.9. The molecule has 0 bridgehead atoms. The van der Waals surface area contributed by atoms with E-state index in [1.165, 1.54) is 4.57 Å². The molecule has 0 saturated carbocycles. The number of hydrogen-bond acceptors (Lipinski definition) is 6. The number of rotatable bonds is 14. The zero-order chi connectivity index (χ0) is 31.1. The molecule has 0 aliphatic heterocycles. The van der Waals surface area contributed by atoms with Gasteiger partial charge in [0, 0.05) is 29.2 Å². The van der Waals surface area contributed by atoms with Gasteiger partial charge in [0.15, 0.2) is 11.8 Å². The van der Waals surface area contributed by atoms with Crippen LogP contribution < -0.4 is 33.9 Å². The van der Waals surface area contributed by atoms with Crippen molar-refractivity contribution in [3.05, 3.63) is 81.1 Å². The highest BCUT2D eigenvalue weighted by Crippen LogP contribution is 2.31. The molecule has 4 aromatic rings. The molecule has 10 N–H and O–H groups in total. The van der Waals surface area contributed by atoms with Gasteiger partial charge in [0.1, 0.15) is 5.65 Å². The first kappa shape index (κ1) is 32.2. The standard InChI is InChI=1S/C31H41ClFN9O/c1-18(35)4-3-5-20-14-25(28(33)26(32)15-20)27-16-22-17-42(31(43)41-29(22)40-27)24-8-6-21(7-9-24)19(2)38-13-11-23(10-12-34)39-30(36)37/h6-9,14-19,23,38H,3-5,10-13,34-35H2,1-2H3,(H4,36,37,39)(H,40,41,43)/t18-,19-,23+/m0/s1. The third-order valence-corrected chi connectivity index (χ3v) is 7.72. The van der Waals surface area contributed by atoms with E-state index in [1.54, 1.807) is 24.4 Å². The van der Waals surface area contributed by atoms with Crippen molar-refractivity contribution in [1.82, 2.24) is 19.9 Å². The molecule has 2 aromatic carbocycles. The number of hydrogen-bond donors (Lipinski definition) is 6. The number of nitrogens with one attached hydrogen (secondary N) is 2. The number of nitrogens with zero attached hydrogens (tertiary/aromatic N) is 3. The van der Waals surface area contributed by atoms with Crippen LogP contribution in [-0.4, -0.2) is 45.7 Å². The van der Waals surface area contributed by atoms with Crippen LogP contribution in [0, 0.1) is 5.82 Å². The summed E-state index contributed by atoms with van der Waals surface area (Å²) in [7, 11) is 0. The van der Waals surface area contributed by atoms with Crippen molar-refractivity contribution in [2.75, 3.05) is 13.1 Å². The van der Waals surface area contributed by atoms with E-state index in [0.717, 1.165) is 36.8 Å². The minimum atomic E-state index is -0.524. The molecular formula is C31H41ClFN9O. The maximum Gasteiger partial charge on any atom is 0.354 e. The lowest BCUT2D eigenvalue weighted by atomic mass is 10.0. The topological polar surface area (TPSA) is 179 Å². The first-order chi connectivity index (χ1) is 20.5. The fraction of sp³-hybridized carbons (Fsp3) is 0.387. The Bertz CT molecular complexity index is 1610. The summed E-state index contributed by atoms with van der Waals surface area (Å²) in [6.07, 6.45) is 5.63. The molecule has 0 aliphatic rings. The fourth-order valence-electron chi connectivity index (χ4n) is 5.12. The Kier molecular flexibility index (Phi) is 10.9. The van der Waals surface area contributed by atoms with E-state index >= 15 is 4.39 Å². The van der Waals surface area contributed by atoms with Crippen molar-refractivity contribution in [3.63, 3.8) is 0 Å². The SMILES string of the molecule is C[C@H](N)CCCc1cc(Cl)c(F)c(-c2cc3cn(-c4ccc([C@H](C)NCC[C@@H](CCN)N=C(N)N)cc4)c(=O)nc3[nH]2)c1. The van der Waals surface area contributed by atoms with Crippen molar-refractivity contribution in [3.8, 4) is 16.9 Å². The highest BCUT2D eigenvalue weighted by atomic mass is 35.5. The number of aliphatic imine (C=N–C) groups is 1. The Balaban J connectivity index is 1.50. The Morgan fingerprint density at radius 3 is 2.56 bits per heavy atom. The molecule has 43 heavy (non-hydrogen) atoms. The first-order valence-electron chi connectivity index (χ1n) is 14.5. The molecule has 0 saturated heterocycles. The number of aromatic amines is 1. The number of guanidine groups is 1. The van der Waals surface area contributed by atoms with Crippen LogP contribution in [0.5, 0.6) is 0 Å². The number of fused-ring (bicyclic) bond motifs is 1. The molecular weight excluding hydrogens is 569 g/mol. The van der Waals surface area contributed by atoms with E-state index in [-0.39, 0.29) is 29.1 Å². The molecule has 0 fully saturated rings. The van der Waals surface area contributed by atoms with Crippen LogP contribution in [-0.2, 0) is 6.42 Å². The molecule has 4 rings (SSSR count). The summed E-state index contributed by atoms with van der Waals surface area (Å²) < 4.78 is 16.6. The minimum absolute atomic E-state index is 0.0250. The number of halogens is 2. The van der Waals surface area contributed by atoms with Crippen LogP contribution >= 0.6 is 11.6 Å². The number of aryl methyl sites for hydroxylation is 1. The lowest BCUT2D eigenvalue weighted by Crippen LogP contribution is -2.29. The number of H-pyrrole nitrogens is 1. The van der Waals surface area contributed by atoms with E-state index in [0.29, 0.717) is 47.5 Å². The number of nitrogens with two attached hydrogens (primary N) is 4. The van der Waals surface area contributed by atoms with Gasteiger partial charge < -0.3 is 33.2 Å². The zero-order valence-electron chi connectivity index (χ0n) is 24.6. The summed E-state index contributed by atoms with van der Waals surface area (Å²) in [5, 5.41) is 4.19. The Labute approximate surface area is 255 Å². The van der Waals surface area contributed by atoms with Gasteiger partial charge in [-0.3, -0.25) is 9.56 Å². The quantitative estimate of drug-likeness (QED) is 0.0927. The third kappa shape index (κ3) is 8.41. The predicted molar refractivity (Wildman–Crippen MR) is 173 cm³/mol. The average molecular weight is 610 g/mol. The third-order valence-electron chi connectivity index (χ3n) is 7.44. The fourth-order valence-corrected chi connectivity index (χ4v) is 5.36. The largest absolute Gasteiger partial charge is 0.370 e. The summed E-state index contributed by atoms with van der Waals surface area (Å²) in [4.78, 5) is 24.5. The molecule has 2 heterocycles. The monoisotopic (exact) mass is 609 g/mol. The van der Waals surface area contributed by atoms with Crippen molar-refractivity contribution in [1.29, 1.82) is 0 Å². The van der Waals surface area contributed by atoms with Crippen LogP contribution in [0.2, 0.25) is 5.02 Å². The summed E-state index contributed by atoms with van der Waals surface area (Å²) in [6.45, 7) is 5.24. The van der Waals surface area contributed by atoms with Crippen molar-refractivity contribution >= 4 is 28.6 Å². The highest BCUT2D eigenvalue weighted by Gasteiger charge is 2.16. The Morgan fingerprint density at radius 1 is 1.14 bits per heavy atom. The van der Waals surface area contributed by atoms with E-state index < -0.39 is 11.5 Å². The lowest BCUT2D eigenvalue weighted by molar-refractivity contribution is 0.501. The predicted octanol–water partition coefficient (Wildman–Crippen LogP) is 3.87. The van der Waals surface area contributed by atoms with Gasteiger partial charge in [0.25, 0.3) is 0 Å². The van der Waals surface area contributed by atoms with E-state index in [1.807, 2.05) is 31.2 Å². The van der Waals surface area contributed by atoms with Gasteiger partial charge in [-0.25, -0.2) is 9.18 Å². The van der Waals surface area contributed by atoms with Crippen LogP contribution in [0.4, 0.5) is 4.39 Å². The normalized spacial score (nSPS) is 13.6. The van der Waals surface area contributed by atoms with E-state index in [4.69, 9.17) is 34.5 Å². The molecule has 0 radical (unpaired) electrons. The maximum atomic E-state index is 15.1. The maximum absolute atomic E-state index is 15.1. The van der Waals surface area contributed by atoms with Gasteiger partial charge in [-0.2, -0.15) is 4.98 Å². The molecule has 0 amide bonds. The van der Waals surface area contributed by atoms with Crippen molar-refractivity contribution < 1.29 is 4.39 Å². The van der Waals surface area contributed by atoms with Crippen molar-refractivity contribution in [2.24, 2.45) is 27.9 Å². The molecule has 230 valence electrons. The van der Waals surface area contributed by atoms with Crippen LogP contribution in [0.3, 0.4) is 0 Å². The molecule has 2 aromatic heterocycles. The van der Waals surface area contributed by atoms with Crippen LogP contribution in [0.15, 0.2) is 58.4 Å². The molecule has 0 aliphatic carbocycles. The lowest BCUT2D eigenvalue weighted by Gasteiger charge is -2.17. The van der Waals surface area contributed by atoms with E-state index in [2.05, 4.69) is 27.2 Å². The molecule has 0 spiro atoms. The summed E-state index contributed by atoms with van der Waals surface area (Å²) in [6, 6.07) is 13.0. The van der Waals surface area contributed by atoms with Crippen molar-refractivity contribution in [2.45, 2.75) is 64.1 Å². The molecule has 12 heteroatoms. The smallest absolute Gasteiger partial charge is 0.354 e. The second-order valence-corrected chi connectivity index (χ2v) is 11.4. The number of aromatic nitrogens is 3. The van der Waals surface area contributed by atoms with Crippen LogP contribution in [0.1, 0.15) is 56.7 Å². The van der Waals surface area contributed by atoms with Gasteiger partial charge in [-0.1, -0.05) is 23.7 Å². The Morgan fingerprint density at radius 2 is 1.88 bits per heavy atom. The Hall–Kier alpha value is -3.77. The minimum Gasteiger partial charge on any atom is -0.370 e. The molecule has 0 unspecified atom stereocenters. The van der Waals surface area contributed by atoms with Gasteiger partial charge in [0.05, 0.1) is 22.4 Å². The van der Waals surface area contributed by atoms with Gasteiger partial charge in [0.2, 0.25) is 0 Å². The van der Waals surface area contributed by atoms with Crippen LogP contribution in [0.25, 0.3) is 28.0 Å². The van der Waals surface area contributed by atoms with Gasteiger partial charge >= 0.3 is 5.69 Å².